The lowest BCUT2D eigenvalue weighted by Gasteiger charge is -2.37. The molecule has 0 bridgehead atoms. The first-order valence-electron chi connectivity index (χ1n) is 10.6. The van der Waals surface area contributed by atoms with Gasteiger partial charge in [-0.1, -0.05) is 28.9 Å². The third-order valence-electron chi connectivity index (χ3n) is 5.99. The van der Waals surface area contributed by atoms with Crippen LogP contribution in [0.2, 0.25) is 0 Å². The van der Waals surface area contributed by atoms with Crippen LogP contribution in [0.25, 0.3) is 0 Å². The third-order valence-corrected chi connectivity index (χ3v) is 6.48. The Labute approximate surface area is 181 Å². The third kappa shape index (κ3) is 4.55. The summed E-state index contributed by atoms with van der Waals surface area (Å²) < 4.78 is 0.927. The lowest BCUT2D eigenvalue weighted by Crippen LogP contribution is -2.49. The molecule has 6 nitrogen and oxygen atoms in total. The highest BCUT2D eigenvalue weighted by Gasteiger charge is 2.25. The van der Waals surface area contributed by atoms with Gasteiger partial charge in [0.1, 0.15) is 0 Å². The Balaban J connectivity index is 1.37. The van der Waals surface area contributed by atoms with Crippen molar-refractivity contribution in [1.29, 1.82) is 0 Å². The topological polar surface area (TPSA) is 52.6 Å². The summed E-state index contributed by atoms with van der Waals surface area (Å²) in [4.78, 5) is 19.3. The molecule has 2 fully saturated rings. The molecule has 1 amide bonds. The molecule has 0 radical (unpaired) electrons. The number of amides is 1. The van der Waals surface area contributed by atoms with E-state index in [0.29, 0.717) is 19.1 Å². The minimum absolute atomic E-state index is 0.0862. The number of benzene rings is 1. The SMILES string of the molecule is CCC1CCCCN1c1ccc(N2CCN(C(=O)c3cccc(Br)c3)CC2)nn1. The average molecular weight is 458 g/mol. The van der Waals surface area contributed by atoms with Crippen molar-refractivity contribution in [2.45, 2.75) is 38.6 Å². The molecule has 7 heteroatoms. The summed E-state index contributed by atoms with van der Waals surface area (Å²) in [6.45, 7) is 6.25. The van der Waals surface area contributed by atoms with Crippen LogP contribution in [0.3, 0.4) is 0 Å². The maximum absolute atomic E-state index is 12.7. The monoisotopic (exact) mass is 457 g/mol. The number of piperazine rings is 1. The fourth-order valence-electron chi connectivity index (χ4n) is 4.31. The Morgan fingerprint density at radius 1 is 1.03 bits per heavy atom. The van der Waals surface area contributed by atoms with Crippen LogP contribution in [0, 0.1) is 0 Å². The van der Waals surface area contributed by atoms with E-state index in [1.807, 2.05) is 29.2 Å². The number of halogens is 1. The van der Waals surface area contributed by atoms with Crippen LogP contribution in [0.1, 0.15) is 43.0 Å². The van der Waals surface area contributed by atoms with Gasteiger partial charge in [0, 0.05) is 48.8 Å². The van der Waals surface area contributed by atoms with Gasteiger partial charge >= 0.3 is 0 Å². The number of aromatic nitrogens is 2. The number of rotatable bonds is 4. The Hall–Kier alpha value is -2.15. The standard InChI is InChI=1S/C22H28BrN5O/c1-2-19-8-3-4-11-28(19)21-10-9-20(24-25-21)26-12-14-27(15-13-26)22(29)17-6-5-7-18(23)16-17/h5-7,9-10,16,19H,2-4,8,11-15H2,1H3. The van der Waals surface area contributed by atoms with Gasteiger partial charge in [-0.25, -0.2) is 0 Å². The number of carbonyl (C=O) groups excluding carboxylic acids is 1. The molecule has 1 atom stereocenters. The molecule has 0 saturated carbocycles. The summed E-state index contributed by atoms with van der Waals surface area (Å²) in [5, 5.41) is 9.05. The lowest BCUT2D eigenvalue weighted by molar-refractivity contribution is 0.0746. The van der Waals surface area contributed by atoms with E-state index < -0.39 is 0 Å². The van der Waals surface area contributed by atoms with Crippen LogP contribution in [0.15, 0.2) is 40.9 Å². The highest BCUT2D eigenvalue weighted by molar-refractivity contribution is 9.10. The van der Waals surface area contributed by atoms with E-state index in [0.717, 1.165) is 47.7 Å². The van der Waals surface area contributed by atoms with Gasteiger partial charge in [-0.05, 0) is 56.0 Å². The molecule has 154 valence electrons. The highest BCUT2D eigenvalue weighted by atomic mass is 79.9. The van der Waals surface area contributed by atoms with Crippen LogP contribution in [-0.2, 0) is 0 Å². The van der Waals surface area contributed by atoms with E-state index in [9.17, 15) is 4.79 Å². The van der Waals surface area contributed by atoms with Gasteiger partial charge in [0.05, 0.1) is 0 Å². The molecule has 2 aliphatic rings. The molecule has 1 aromatic heterocycles. The molecule has 0 N–H and O–H groups in total. The summed E-state index contributed by atoms with van der Waals surface area (Å²) in [6, 6.07) is 12.3. The predicted octanol–water partition coefficient (Wildman–Crippen LogP) is 3.97. The normalized spacial score (nSPS) is 20.1. The largest absolute Gasteiger partial charge is 0.352 e. The van der Waals surface area contributed by atoms with E-state index >= 15 is 0 Å². The molecule has 3 heterocycles. The zero-order valence-electron chi connectivity index (χ0n) is 16.9. The van der Waals surface area contributed by atoms with Crippen LogP contribution in [-0.4, -0.2) is 59.8 Å². The van der Waals surface area contributed by atoms with Crippen LogP contribution >= 0.6 is 15.9 Å². The van der Waals surface area contributed by atoms with Gasteiger partial charge in [0.25, 0.3) is 5.91 Å². The lowest BCUT2D eigenvalue weighted by atomic mass is 10.0. The molecule has 0 spiro atoms. The number of hydrogen-bond donors (Lipinski definition) is 0. The van der Waals surface area contributed by atoms with Gasteiger partial charge in [-0.3, -0.25) is 4.79 Å². The summed E-state index contributed by atoms with van der Waals surface area (Å²) in [6.07, 6.45) is 4.93. The Morgan fingerprint density at radius 3 is 2.48 bits per heavy atom. The molecule has 29 heavy (non-hydrogen) atoms. The second-order valence-electron chi connectivity index (χ2n) is 7.79. The highest BCUT2D eigenvalue weighted by Crippen LogP contribution is 2.25. The average Bonchev–Trinajstić information content (AvgIpc) is 2.79. The van der Waals surface area contributed by atoms with E-state index in [-0.39, 0.29) is 5.91 Å². The molecule has 0 aliphatic carbocycles. The summed E-state index contributed by atoms with van der Waals surface area (Å²) in [5.41, 5.74) is 0.726. The zero-order valence-corrected chi connectivity index (χ0v) is 18.5. The second kappa shape index (κ2) is 9.11. The maximum atomic E-state index is 12.7. The molecule has 1 unspecified atom stereocenters. The van der Waals surface area contributed by atoms with Crippen LogP contribution in [0.4, 0.5) is 11.6 Å². The van der Waals surface area contributed by atoms with E-state index in [2.05, 4.69) is 55.0 Å². The zero-order chi connectivity index (χ0) is 20.2. The Kier molecular flexibility index (Phi) is 6.33. The van der Waals surface area contributed by atoms with Crippen molar-refractivity contribution in [1.82, 2.24) is 15.1 Å². The first kappa shape index (κ1) is 20.1. The van der Waals surface area contributed by atoms with Crippen LogP contribution in [0.5, 0.6) is 0 Å². The van der Waals surface area contributed by atoms with Crippen molar-refractivity contribution in [2.75, 3.05) is 42.5 Å². The molecule has 2 aromatic rings. The number of hydrogen-bond acceptors (Lipinski definition) is 5. The van der Waals surface area contributed by atoms with Gasteiger partial charge in [-0.2, -0.15) is 0 Å². The van der Waals surface area contributed by atoms with Gasteiger partial charge in [0.15, 0.2) is 11.6 Å². The van der Waals surface area contributed by atoms with Crippen LogP contribution < -0.4 is 9.80 Å². The smallest absolute Gasteiger partial charge is 0.254 e. The molecule has 2 aliphatic heterocycles. The minimum atomic E-state index is 0.0862. The van der Waals surface area contributed by atoms with Crippen molar-refractivity contribution >= 4 is 33.5 Å². The molecular weight excluding hydrogens is 430 g/mol. The summed E-state index contributed by atoms with van der Waals surface area (Å²) in [5.74, 6) is 1.97. The molecule has 4 rings (SSSR count). The van der Waals surface area contributed by atoms with Crippen molar-refractivity contribution in [3.8, 4) is 0 Å². The maximum Gasteiger partial charge on any atom is 0.254 e. The quantitative estimate of drug-likeness (QED) is 0.694. The van der Waals surface area contributed by atoms with Crippen molar-refractivity contribution in [2.24, 2.45) is 0 Å². The fourth-order valence-corrected chi connectivity index (χ4v) is 4.71. The van der Waals surface area contributed by atoms with Gasteiger partial charge in [-0.15, -0.1) is 10.2 Å². The Bertz CT molecular complexity index is 835. The van der Waals surface area contributed by atoms with Crippen molar-refractivity contribution in [3.63, 3.8) is 0 Å². The van der Waals surface area contributed by atoms with Gasteiger partial charge < -0.3 is 14.7 Å². The number of nitrogens with zero attached hydrogens (tertiary/aromatic N) is 5. The molecule has 2 saturated heterocycles. The van der Waals surface area contributed by atoms with E-state index in [1.165, 1.54) is 19.3 Å². The van der Waals surface area contributed by atoms with Crippen molar-refractivity contribution in [3.05, 3.63) is 46.4 Å². The second-order valence-corrected chi connectivity index (χ2v) is 8.71. The van der Waals surface area contributed by atoms with E-state index in [4.69, 9.17) is 0 Å². The summed E-state index contributed by atoms with van der Waals surface area (Å²) in [7, 11) is 0. The van der Waals surface area contributed by atoms with Crippen molar-refractivity contribution < 1.29 is 4.79 Å². The fraction of sp³-hybridized carbons (Fsp3) is 0.500. The first-order valence-corrected chi connectivity index (χ1v) is 11.3. The predicted molar refractivity (Wildman–Crippen MR) is 120 cm³/mol. The number of carbonyl (C=O) groups is 1. The number of anilines is 2. The molecular formula is C22H28BrN5O. The van der Waals surface area contributed by atoms with Gasteiger partial charge in [0.2, 0.25) is 0 Å². The first-order chi connectivity index (χ1) is 14.2. The molecule has 1 aromatic carbocycles. The minimum Gasteiger partial charge on any atom is -0.352 e. The summed E-state index contributed by atoms with van der Waals surface area (Å²) >= 11 is 3.44. The van der Waals surface area contributed by atoms with E-state index in [1.54, 1.807) is 0 Å². The Morgan fingerprint density at radius 2 is 1.79 bits per heavy atom. The number of piperidine rings is 1.